The normalized spacial score (nSPS) is 11.4. The first-order valence-corrected chi connectivity index (χ1v) is 13.3. The van der Waals surface area contributed by atoms with E-state index in [9.17, 15) is 23.3 Å². The highest BCUT2D eigenvalue weighted by Crippen LogP contribution is 2.30. The van der Waals surface area contributed by atoms with Crippen LogP contribution in [-0.2, 0) is 14.6 Å². The Balaban J connectivity index is 1.81. The molecule has 0 spiro atoms. The van der Waals surface area contributed by atoms with E-state index in [4.69, 9.17) is 21.1 Å². The molecule has 1 heterocycles. The van der Waals surface area contributed by atoms with Crippen molar-refractivity contribution in [1.29, 1.82) is 5.26 Å². The van der Waals surface area contributed by atoms with Gasteiger partial charge in [-0.05, 0) is 55.0 Å². The van der Waals surface area contributed by atoms with Crippen molar-refractivity contribution < 1.29 is 27.5 Å². The number of nitrogens with zero attached hydrogens (tertiary/aromatic N) is 3. The van der Waals surface area contributed by atoms with E-state index >= 15 is 0 Å². The van der Waals surface area contributed by atoms with Crippen LogP contribution < -0.4 is 14.8 Å². The number of halogens is 1. The van der Waals surface area contributed by atoms with Crippen LogP contribution >= 0.6 is 22.9 Å². The van der Waals surface area contributed by atoms with Gasteiger partial charge in [-0.1, -0.05) is 35.9 Å². The van der Waals surface area contributed by atoms with Gasteiger partial charge in [0.15, 0.2) is 11.5 Å². The molecule has 0 atom stereocenters. The second-order valence-corrected chi connectivity index (χ2v) is 10.8. The number of rotatable bonds is 9. The van der Waals surface area contributed by atoms with Crippen LogP contribution in [0.1, 0.15) is 29.8 Å². The molecule has 3 aromatic rings. The smallest absolute Gasteiger partial charge is 0.343 e. The van der Waals surface area contributed by atoms with Gasteiger partial charge < -0.3 is 9.47 Å². The molecule has 0 radical (unpaired) electrons. The van der Waals surface area contributed by atoms with Gasteiger partial charge in [-0.2, -0.15) is 5.26 Å². The summed E-state index contributed by atoms with van der Waals surface area (Å²) in [5, 5.41) is 19.5. The topological polar surface area (TPSA) is 148 Å². The quantitative estimate of drug-likeness (QED) is 0.137. The number of amides is 1. The van der Waals surface area contributed by atoms with Crippen LogP contribution in [0.5, 0.6) is 11.5 Å². The Labute approximate surface area is 216 Å². The predicted molar refractivity (Wildman–Crippen MR) is 134 cm³/mol. The van der Waals surface area contributed by atoms with E-state index in [2.05, 4.69) is 15.5 Å². The Bertz CT molecular complexity index is 1460. The van der Waals surface area contributed by atoms with Crippen LogP contribution in [0.2, 0.25) is 5.02 Å². The lowest BCUT2D eigenvalue weighted by Gasteiger charge is -2.11. The molecule has 2 aromatic carbocycles. The summed E-state index contributed by atoms with van der Waals surface area (Å²) in [6.07, 6.45) is 1.30. The number of carbonyl (C=O) groups excluding carboxylic acids is 2. The molecule has 0 unspecified atom stereocenters. The molecule has 1 N–H and O–H groups in total. The lowest BCUT2D eigenvalue weighted by molar-refractivity contribution is -0.112. The number of hydrogen-bond acceptors (Lipinski definition) is 10. The lowest BCUT2D eigenvalue weighted by atomic mass is 10.1. The minimum atomic E-state index is -3.57. The third-order valence-corrected chi connectivity index (χ3v) is 7.77. The minimum Gasteiger partial charge on any atom is -0.490 e. The van der Waals surface area contributed by atoms with Crippen molar-refractivity contribution in [3.05, 3.63) is 64.2 Å². The van der Waals surface area contributed by atoms with Gasteiger partial charge in [0.2, 0.25) is 19.3 Å². The van der Waals surface area contributed by atoms with E-state index in [0.29, 0.717) is 27.5 Å². The SMILES string of the molecule is CCOc1cc(/C=C(/C#N)C(=O)Nc2nnc(S(=O)(=O)CC)s2)ccc1OC(=O)c1ccc(Cl)cc1. The summed E-state index contributed by atoms with van der Waals surface area (Å²) in [6.45, 7) is 3.48. The minimum absolute atomic E-state index is 0.0624. The van der Waals surface area contributed by atoms with Gasteiger partial charge in [0, 0.05) is 5.02 Å². The highest BCUT2D eigenvalue weighted by Gasteiger charge is 2.20. The monoisotopic (exact) mass is 546 g/mol. The molecule has 1 aromatic heterocycles. The Morgan fingerprint density at radius 2 is 1.86 bits per heavy atom. The molecule has 0 bridgehead atoms. The fraction of sp³-hybridized carbons (Fsp3) is 0.174. The van der Waals surface area contributed by atoms with Crippen molar-refractivity contribution in [2.45, 2.75) is 18.2 Å². The fourth-order valence-corrected chi connectivity index (χ4v) is 4.81. The molecule has 36 heavy (non-hydrogen) atoms. The lowest BCUT2D eigenvalue weighted by Crippen LogP contribution is -2.13. The number of sulfone groups is 1. The zero-order valence-electron chi connectivity index (χ0n) is 19.0. The van der Waals surface area contributed by atoms with Crippen molar-refractivity contribution in [2.24, 2.45) is 0 Å². The first-order valence-electron chi connectivity index (χ1n) is 10.4. The molecule has 0 saturated heterocycles. The Hall–Kier alpha value is -3.79. The van der Waals surface area contributed by atoms with E-state index in [1.54, 1.807) is 25.1 Å². The molecule has 13 heteroatoms. The number of carbonyl (C=O) groups is 2. The van der Waals surface area contributed by atoms with Gasteiger partial charge in [-0.25, -0.2) is 13.2 Å². The average molecular weight is 547 g/mol. The number of ether oxygens (including phenoxy) is 2. The Morgan fingerprint density at radius 3 is 2.50 bits per heavy atom. The van der Waals surface area contributed by atoms with Gasteiger partial charge in [0.05, 0.1) is 17.9 Å². The van der Waals surface area contributed by atoms with Crippen molar-refractivity contribution in [3.63, 3.8) is 0 Å². The van der Waals surface area contributed by atoms with Gasteiger partial charge in [0.1, 0.15) is 11.6 Å². The number of benzene rings is 2. The zero-order chi connectivity index (χ0) is 26.3. The van der Waals surface area contributed by atoms with Crippen molar-refractivity contribution in [2.75, 3.05) is 17.7 Å². The van der Waals surface area contributed by atoms with Gasteiger partial charge in [-0.15, -0.1) is 10.2 Å². The highest BCUT2D eigenvalue weighted by atomic mass is 35.5. The van der Waals surface area contributed by atoms with E-state index in [-0.39, 0.29) is 38.9 Å². The molecular weight excluding hydrogens is 528 g/mol. The van der Waals surface area contributed by atoms with Gasteiger partial charge >= 0.3 is 5.97 Å². The van der Waals surface area contributed by atoms with Crippen molar-refractivity contribution >= 4 is 55.9 Å². The van der Waals surface area contributed by atoms with Crippen LogP contribution in [-0.4, -0.2) is 42.9 Å². The molecule has 0 aliphatic rings. The summed E-state index contributed by atoms with van der Waals surface area (Å²) in [4.78, 5) is 25.0. The van der Waals surface area contributed by atoms with Crippen LogP contribution in [0.4, 0.5) is 5.13 Å². The molecule has 0 aliphatic carbocycles. The number of hydrogen-bond donors (Lipinski definition) is 1. The molecule has 10 nitrogen and oxygen atoms in total. The largest absolute Gasteiger partial charge is 0.490 e. The standard InChI is InChI=1S/C23H19ClN4O6S2/c1-3-33-19-12-14(5-10-18(19)34-21(30)15-6-8-17(24)9-7-15)11-16(13-25)20(29)26-22-27-28-23(35-22)36(31,32)4-2/h5-12H,3-4H2,1-2H3,(H,26,27,29)/b16-11-. The van der Waals surface area contributed by atoms with Crippen LogP contribution in [0.15, 0.2) is 52.4 Å². The second-order valence-electron chi connectivity index (χ2n) is 6.94. The molecule has 0 saturated carbocycles. The van der Waals surface area contributed by atoms with Gasteiger partial charge in [-0.3, -0.25) is 10.1 Å². The first-order chi connectivity index (χ1) is 17.2. The fourth-order valence-electron chi connectivity index (χ4n) is 2.70. The van der Waals surface area contributed by atoms with Crippen molar-refractivity contribution in [3.8, 4) is 17.6 Å². The summed E-state index contributed by atoms with van der Waals surface area (Å²) in [5.74, 6) is -1.20. The summed E-state index contributed by atoms with van der Waals surface area (Å²) < 4.78 is 34.6. The average Bonchev–Trinajstić information content (AvgIpc) is 3.33. The van der Waals surface area contributed by atoms with Crippen LogP contribution in [0.25, 0.3) is 6.08 Å². The molecule has 3 rings (SSSR count). The molecule has 186 valence electrons. The van der Waals surface area contributed by atoms with Crippen molar-refractivity contribution in [1.82, 2.24) is 10.2 Å². The summed E-state index contributed by atoms with van der Waals surface area (Å²) in [7, 11) is -3.57. The maximum atomic E-state index is 12.6. The van der Waals surface area contributed by atoms with E-state index in [1.807, 2.05) is 0 Å². The number of aromatic nitrogens is 2. The van der Waals surface area contributed by atoms with Gasteiger partial charge in [0.25, 0.3) is 5.91 Å². The molecule has 1 amide bonds. The van der Waals surface area contributed by atoms with E-state index < -0.39 is 21.7 Å². The Kier molecular flexibility index (Phi) is 8.76. The zero-order valence-corrected chi connectivity index (χ0v) is 21.4. The maximum Gasteiger partial charge on any atom is 0.343 e. The maximum absolute atomic E-state index is 12.6. The highest BCUT2D eigenvalue weighted by molar-refractivity contribution is 7.93. The number of nitrogens with one attached hydrogen (secondary N) is 1. The van der Waals surface area contributed by atoms with E-state index in [1.165, 1.54) is 43.3 Å². The number of esters is 1. The summed E-state index contributed by atoms with van der Waals surface area (Å²) in [5.41, 5.74) is 0.433. The third-order valence-electron chi connectivity index (χ3n) is 4.50. The first kappa shape index (κ1) is 26.8. The molecule has 0 fully saturated rings. The molecule has 0 aliphatic heterocycles. The second kappa shape index (κ2) is 11.8. The van der Waals surface area contributed by atoms with Crippen LogP contribution in [0, 0.1) is 11.3 Å². The number of anilines is 1. The summed E-state index contributed by atoms with van der Waals surface area (Å²) >= 11 is 6.54. The third kappa shape index (κ3) is 6.66. The van der Waals surface area contributed by atoms with E-state index in [0.717, 1.165) is 0 Å². The predicted octanol–water partition coefficient (Wildman–Crippen LogP) is 4.15. The molecular formula is C23H19ClN4O6S2. The Morgan fingerprint density at radius 1 is 1.14 bits per heavy atom. The number of nitriles is 1. The van der Waals surface area contributed by atoms with Crippen LogP contribution in [0.3, 0.4) is 0 Å². The summed E-state index contributed by atoms with van der Waals surface area (Å²) in [6, 6.07) is 12.5.